The number of rotatable bonds is 11. The van der Waals surface area contributed by atoms with Crippen molar-refractivity contribution in [1.29, 1.82) is 0 Å². The molecular weight excluding hydrogens is 691 g/mol. The zero-order valence-electron chi connectivity index (χ0n) is 29.1. The Morgan fingerprint density at radius 2 is 1.02 bits per heavy atom. The molecule has 0 fully saturated rings. The SMILES string of the molecule is Cc1ccc(S(=O)(=O)Nc2c(C(SC(c3ccccc3)(c3ccccc3)c3ccccc3)c3ccc(-c4ccccc4)cc3)oc3ccccc23)cc1. The topological polar surface area (TPSA) is 59.3 Å². The summed E-state index contributed by atoms with van der Waals surface area (Å²) in [5.41, 5.74) is 8.44. The molecule has 1 N–H and O–H groups in total. The Morgan fingerprint density at radius 3 is 1.57 bits per heavy atom. The van der Waals surface area contributed by atoms with E-state index in [0.29, 0.717) is 22.4 Å². The zero-order valence-corrected chi connectivity index (χ0v) is 30.7. The summed E-state index contributed by atoms with van der Waals surface area (Å²) < 4.78 is 37.4. The molecule has 4 nitrogen and oxygen atoms in total. The molecule has 53 heavy (non-hydrogen) atoms. The van der Waals surface area contributed by atoms with Crippen LogP contribution in [0.4, 0.5) is 5.69 Å². The van der Waals surface area contributed by atoms with Gasteiger partial charge in [0.15, 0.2) is 0 Å². The van der Waals surface area contributed by atoms with Crippen LogP contribution in [0.2, 0.25) is 0 Å². The molecule has 1 aromatic heterocycles. The van der Waals surface area contributed by atoms with Crippen molar-refractivity contribution in [2.75, 3.05) is 4.72 Å². The Kier molecular flexibility index (Phi) is 9.48. The third kappa shape index (κ3) is 6.79. The van der Waals surface area contributed by atoms with Crippen molar-refractivity contribution in [3.63, 3.8) is 0 Å². The highest BCUT2D eigenvalue weighted by Gasteiger charge is 2.42. The van der Waals surface area contributed by atoms with Gasteiger partial charge in [0.25, 0.3) is 10.0 Å². The fourth-order valence-corrected chi connectivity index (χ4v) is 9.75. The van der Waals surface area contributed by atoms with E-state index in [-0.39, 0.29) is 4.90 Å². The lowest BCUT2D eigenvalue weighted by Gasteiger charge is -2.38. The first kappa shape index (κ1) is 34.3. The molecule has 6 heteroatoms. The fraction of sp³-hybridized carbons (Fsp3) is 0.0638. The summed E-state index contributed by atoms with van der Waals surface area (Å²) >= 11 is 1.73. The normalized spacial score (nSPS) is 12.4. The van der Waals surface area contributed by atoms with E-state index in [1.54, 1.807) is 23.9 Å². The average molecular weight is 728 g/mol. The third-order valence-electron chi connectivity index (χ3n) is 9.58. The predicted octanol–water partition coefficient (Wildman–Crippen LogP) is 12.0. The number of hydrogen-bond acceptors (Lipinski definition) is 4. The number of fused-ring (bicyclic) bond motifs is 1. The Labute approximate surface area is 315 Å². The minimum Gasteiger partial charge on any atom is -0.457 e. The van der Waals surface area contributed by atoms with Crippen molar-refractivity contribution in [2.45, 2.75) is 21.8 Å². The van der Waals surface area contributed by atoms with Crippen molar-refractivity contribution in [2.24, 2.45) is 0 Å². The van der Waals surface area contributed by atoms with Gasteiger partial charge in [-0.1, -0.05) is 175 Å². The second-order valence-electron chi connectivity index (χ2n) is 13.0. The molecule has 0 bridgehead atoms. The van der Waals surface area contributed by atoms with Crippen molar-refractivity contribution < 1.29 is 12.8 Å². The molecule has 1 unspecified atom stereocenters. The molecule has 0 aliphatic heterocycles. The van der Waals surface area contributed by atoms with Gasteiger partial charge in [-0.15, -0.1) is 11.8 Å². The minimum absolute atomic E-state index is 0.183. The molecule has 0 aliphatic carbocycles. The molecule has 0 spiro atoms. The number of hydrogen-bond donors (Lipinski definition) is 1. The first-order chi connectivity index (χ1) is 25.9. The van der Waals surface area contributed by atoms with Crippen LogP contribution in [-0.2, 0) is 14.8 Å². The van der Waals surface area contributed by atoms with Crippen LogP contribution < -0.4 is 4.72 Å². The van der Waals surface area contributed by atoms with Gasteiger partial charge >= 0.3 is 0 Å². The number of anilines is 1. The molecule has 260 valence electrons. The quantitative estimate of drug-likeness (QED) is 0.135. The Balaban J connectivity index is 1.38. The summed E-state index contributed by atoms with van der Waals surface area (Å²) in [5, 5.41) is 0.206. The van der Waals surface area contributed by atoms with Gasteiger partial charge in [0.1, 0.15) is 11.3 Å². The lowest BCUT2D eigenvalue weighted by atomic mass is 9.84. The van der Waals surface area contributed by atoms with E-state index in [4.69, 9.17) is 4.42 Å². The smallest absolute Gasteiger partial charge is 0.262 e. The molecular formula is C47H37NO3S2. The van der Waals surface area contributed by atoms with Crippen LogP contribution in [-0.4, -0.2) is 8.42 Å². The summed E-state index contributed by atoms with van der Waals surface area (Å²) in [5.74, 6) is 0.520. The number of sulfonamides is 1. The molecule has 0 saturated carbocycles. The van der Waals surface area contributed by atoms with Crippen LogP contribution in [0, 0.1) is 6.92 Å². The van der Waals surface area contributed by atoms with Crippen LogP contribution in [0.25, 0.3) is 22.1 Å². The summed E-state index contributed by atoms with van der Waals surface area (Å²) in [6, 6.07) is 64.9. The van der Waals surface area contributed by atoms with Gasteiger partial charge in [-0.3, -0.25) is 4.72 Å². The Hall–Kier alpha value is -5.82. The zero-order chi connectivity index (χ0) is 36.3. The van der Waals surface area contributed by atoms with E-state index < -0.39 is 20.0 Å². The van der Waals surface area contributed by atoms with E-state index in [9.17, 15) is 8.42 Å². The van der Waals surface area contributed by atoms with Crippen LogP contribution in [0.15, 0.2) is 203 Å². The summed E-state index contributed by atoms with van der Waals surface area (Å²) in [6.45, 7) is 1.94. The maximum atomic E-state index is 14.2. The van der Waals surface area contributed by atoms with E-state index >= 15 is 0 Å². The van der Waals surface area contributed by atoms with Gasteiger partial charge in [0, 0.05) is 5.39 Å². The Bertz CT molecular complexity index is 2460. The lowest BCUT2D eigenvalue weighted by molar-refractivity contribution is 0.559. The molecule has 8 aromatic rings. The largest absolute Gasteiger partial charge is 0.457 e. The highest BCUT2D eigenvalue weighted by Crippen LogP contribution is 2.57. The van der Waals surface area contributed by atoms with Crippen LogP contribution in [0.1, 0.15) is 38.8 Å². The van der Waals surface area contributed by atoms with E-state index in [0.717, 1.165) is 38.9 Å². The number of nitrogens with one attached hydrogen (secondary N) is 1. The molecule has 7 aromatic carbocycles. The molecule has 0 aliphatic rings. The van der Waals surface area contributed by atoms with Crippen molar-refractivity contribution >= 4 is 38.4 Å². The van der Waals surface area contributed by atoms with E-state index in [1.807, 2.05) is 79.7 Å². The highest BCUT2D eigenvalue weighted by atomic mass is 32.2. The molecule has 0 radical (unpaired) electrons. The van der Waals surface area contributed by atoms with Gasteiger partial charge in [0.05, 0.1) is 20.6 Å². The number of benzene rings is 7. The fourth-order valence-electron chi connectivity index (χ4n) is 6.92. The van der Waals surface area contributed by atoms with Crippen molar-refractivity contribution in [1.82, 2.24) is 0 Å². The predicted molar refractivity (Wildman–Crippen MR) is 219 cm³/mol. The number of aryl methyl sites for hydroxylation is 1. The number of para-hydroxylation sites is 1. The first-order valence-electron chi connectivity index (χ1n) is 17.5. The molecule has 0 saturated heterocycles. The lowest BCUT2D eigenvalue weighted by Crippen LogP contribution is -2.27. The number of thioether (sulfide) groups is 1. The Morgan fingerprint density at radius 1 is 0.547 bits per heavy atom. The van der Waals surface area contributed by atoms with Gasteiger partial charge in [-0.05, 0) is 64.6 Å². The van der Waals surface area contributed by atoms with E-state index in [1.165, 1.54) is 0 Å². The number of furan rings is 1. The van der Waals surface area contributed by atoms with Gasteiger partial charge in [-0.2, -0.15) is 0 Å². The molecule has 1 heterocycles. The van der Waals surface area contributed by atoms with Crippen molar-refractivity contribution in [3.8, 4) is 11.1 Å². The van der Waals surface area contributed by atoms with Crippen LogP contribution in [0.3, 0.4) is 0 Å². The standard InChI is InChI=1S/C47H37NO3S2/c1-34-26-32-41(33-27-34)53(49,50)48-44-42-24-14-15-25-43(42)51-45(44)46(37-30-28-36(29-31-37)35-16-6-2-7-17-35)52-47(38-18-8-3-9-19-38,39-20-10-4-11-21-39)40-22-12-5-13-23-40/h2-33,46,48H,1H3. The summed E-state index contributed by atoms with van der Waals surface area (Å²) in [6.07, 6.45) is 0. The highest BCUT2D eigenvalue weighted by molar-refractivity contribution is 8.01. The third-order valence-corrected chi connectivity index (χ3v) is 12.7. The minimum atomic E-state index is -3.99. The van der Waals surface area contributed by atoms with Gasteiger partial charge in [0.2, 0.25) is 0 Å². The molecule has 8 rings (SSSR count). The molecule has 1 atom stereocenters. The molecule has 0 amide bonds. The second-order valence-corrected chi connectivity index (χ2v) is 16.0. The van der Waals surface area contributed by atoms with Gasteiger partial charge < -0.3 is 4.42 Å². The monoisotopic (exact) mass is 727 g/mol. The summed E-state index contributed by atoms with van der Waals surface area (Å²) in [4.78, 5) is 0.183. The second kappa shape index (κ2) is 14.7. The first-order valence-corrected chi connectivity index (χ1v) is 19.9. The summed E-state index contributed by atoms with van der Waals surface area (Å²) in [7, 11) is -3.99. The van der Waals surface area contributed by atoms with Crippen molar-refractivity contribution in [3.05, 3.63) is 228 Å². The van der Waals surface area contributed by atoms with E-state index in [2.05, 4.69) is 114 Å². The van der Waals surface area contributed by atoms with Gasteiger partial charge in [-0.25, -0.2) is 8.42 Å². The average Bonchev–Trinajstić information content (AvgIpc) is 3.57. The maximum absolute atomic E-state index is 14.2. The van der Waals surface area contributed by atoms with Crippen LogP contribution >= 0.6 is 11.8 Å². The maximum Gasteiger partial charge on any atom is 0.262 e. The van der Waals surface area contributed by atoms with Crippen LogP contribution in [0.5, 0.6) is 0 Å².